The number of hydrazone groups is 1. The molecule has 7 rings (SSSR count). The lowest BCUT2D eigenvalue weighted by molar-refractivity contribution is 0.207. The van der Waals surface area contributed by atoms with Crippen molar-refractivity contribution in [3.63, 3.8) is 0 Å². The van der Waals surface area contributed by atoms with Crippen molar-refractivity contribution in [2.75, 3.05) is 10.2 Å². The summed E-state index contributed by atoms with van der Waals surface area (Å²) in [6.45, 7) is 0.982. The molecule has 0 atom stereocenters. The van der Waals surface area contributed by atoms with Gasteiger partial charge in [-0.3, -0.25) is 4.90 Å². The van der Waals surface area contributed by atoms with E-state index in [0.717, 1.165) is 63.6 Å². The quantitative estimate of drug-likeness (QED) is 0.193. The number of hydrogen-bond donors (Lipinski definition) is 2. The first-order chi connectivity index (χ1) is 21.7. The van der Waals surface area contributed by atoms with Crippen molar-refractivity contribution in [1.29, 1.82) is 0 Å². The summed E-state index contributed by atoms with van der Waals surface area (Å²) in [6.07, 6.45) is 9.36. The minimum atomic E-state index is -0.164. The minimum Gasteiger partial charge on any atom is -0.379 e. The maximum atomic E-state index is 14.7. The number of amides is 2. The predicted molar refractivity (Wildman–Crippen MR) is 177 cm³/mol. The van der Waals surface area contributed by atoms with E-state index >= 15 is 0 Å². The molecular weight excluding hydrogens is 544 g/mol. The van der Waals surface area contributed by atoms with Crippen LogP contribution in [0.1, 0.15) is 48.9 Å². The van der Waals surface area contributed by atoms with Crippen LogP contribution in [0.5, 0.6) is 0 Å². The summed E-state index contributed by atoms with van der Waals surface area (Å²) in [6, 6.07) is 34.8. The summed E-state index contributed by atoms with van der Waals surface area (Å²) in [5.74, 6) is 0.318. The molecule has 7 nitrogen and oxygen atoms in total. The van der Waals surface area contributed by atoms with Crippen LogP contribution >= 0.6 is 0 Å². The molecule has 4 aromatic carbocycles. The fraction of sp³-hybridized carbons (Fsp3) is 0.216. The maximum absolute atomic E-state index is 14.7. The molecule has 2 aliphatic rings. The molecule has 0 saturated heterocycles. The SMILES string of the molecule is O=C1N(Cc2ccccc2-c2ccccc2)N=C(C2CCCCC2)c2ccccc2N1c1ccc(NCc2c[nH]cn2)cc1. The molecular formula is C37H36N6O. The van der Waals surface area contributed by atoms with E-state index in [1.54, 1.807) is 11.3 Å². The Balaban J connectivity index is 1.28. The van der Waals surface area contributed by atoms with Gasteiger partial charge in [-0.1, -0.05) is 92.1 Å². The Morgan fingerprint density at radius 1 is 0.795 bits per heavy atom. The lowest BCUT2D eigenvalue weighted by Crippen LogP contribution is -2.37. The summed E-state index contributed by atoms with van der Waals surface area (Å²) >= 11 is 0. The van der Waals surface area contributed by atoms with Crippen LogP contribution in [0.25, 0.3) is 11.1 Å². The molecule has 2 heterocycles. The Kier molecular flexibility index (Phi) is 7.91. The first-order valence-electron chi connectivity index (χ1n) is 15.5. The van der Waals surface area contributed by atoms with Crippen molar-refractivity contribution in [3.05, 3.63) is 132 Å². The number of hydrogen-bond acceptors (Lipinski definition) is 4. The van der Waals surface area contributed by atoms with E-state index < -0.39 is 0 Å². The molecule has 5 aromatic rings. The number of nitrogens with one attached hydrogen (secondary N) is 2. The van der Waals surface area contributed by atoms with E-state index in [2.05, 4.69) is 63.8 Å². The van der Waals surface area contributed by atoms with E-state index in [-0.39, 0.29) is 6.03 Å². The van der Waals surface area contributed by atoms with Crippen LogP contribution in [0.3, 0.4) is 0 Å². The number of H-pyrrole nitrogens is 1. The van der Waals surface area contributed by atoms with Crippen LogP contribution < -0.4 is 10.2 Å². The van der Waals surface area contributed by atoms with Crippen LogP contribution in [0.15, 0.2) is 121 Å². The van der Waals surface area contributed by atoms with Gasteiger partial charge in [0.25, 0.3) is 0 Å². The number of fused-ring (bicyclic) bond motifs is 1. The molecule has 1 saturated carbocycles. The number of aromatic nitrogens is 2. The van der Waals surface area contributed by atoms with Gasteiger partial charge in [0.15, 0.2) is 0 Å². The van der Waals surface area contributed by atoms with E-state index in [4.69, 9.17) is 5.10 Å². The Morgan fingerprint density at radius 3 is 2.30 bits per heavy atom. The van der Waals surface area contributed by atoms with Gasteiger partial charge in [0.05, 0.1) is 42.2 Å². The van der Waals surface area contributed by atoms with Gasteiger partial charge in [-0.25, -0.2) is 14.8 Å². The topological polar surface area (TPSA) is 76.6 Å². The third-order valence-corrected chi connectivity index (χ3v) is 8.63. The first kappa shape index (κ1) is 27.7. The summed E-state index contributed by atoms with van der Waals surface area (Å²) in [7, 11) is 0. The molecule has 2 N–H and O–H groups in total. The number of urea groups is 1. The number of para-hydroxylation sites is 1. The number of carbonyl (C=O) groups is 1. The van der Waals surface area contributed by atoms with Gasteiger partial charge >= 0.3 is 6.03 Å². The van der Waals surface area contributed by atoms with Gasteiger partial charge in [-0.05, 0) is 59.9 Å². The molecule has 2 amide bonds. The largest absolute Gasteiger partial charge is 0.379 e. The summed E-state index contributed by atoms with van der Waals surface area (Å²) in [5, 5.41) is 10.3. The smallest absolute Gasteiger partial charge is 0.349 e. The highest BCUT2D eigenvalue weighted by Crippen LogP contribution is 2.38. The van der Waals surface area contributed by atoms with Crippen LogP contribution in [-0.4, -0.2) is 26.7 Å². The van der Waals surface area contributed by atoms with Gasteiger partial charge in [0.2, 0.25) is 0 Å². The molecule has 1 fully saturated rings. The van der Waals surface area contributed by atoms with E-state index in [1.165, 1.54) is 19.3 Å². The highest BCUT2D eigenvalue weighted by Gasteiger charge is 2.34. The molecule has 1 aromatic heterocycles. The lowest BCUT2D eigenvalue weighted by Gasteiger charge is -2.27. The molecule has 0 unspecified atom stereocenters. The second-order valence-corrected chi connectivity index (χ2v) is 11.5. The van der Waals surface area contributed by atoms with E-state index in [1.807, 2.05) is 65.7 Å². The second-order valence-electron chi connectivity index (χ2n) is 11.5. The molecule has 0 bridgehead atoms. The third-order valence-electron chi connectivity index (χ3n) is 8.63. The number of anilines is 3. The Hall–Kier alpha value is -5.17. The average Bonchev–Trinajstić information content (AvgIpc) is 3.58. The van der Waals surface area contributed by atoms with Gasteiger partial charge < -0.3 is 10.3 Å². The van der Waals surface area contributed by atoms with Crippen molar-refractivity contribution >= 4 is 28.8 Å². The zero-order chi connectivity index (χ0) is 29.7. The molecule has 7 heteroatoms. The minimum absolute atomic E-state index is 0.164. The van der Waals surface area contributed by atoms with E-state index in [9.17, 15) is 4.79 Å². The Bertz CT molecular complexity index is 1740. The summed E-state index contributed by atoms with van der Waals surface area (Å²) < 4.78 is 0. The van der Waals surface area contributed by atoms with Crippen LogP contribution in [0.4, 0.5) is 21.9 Å². The number of aromatic amines is 1. The molecule has 44 heavy (non-hydrogen) atoms. The number of carbonyl (C=O) groups excluding carboxylic acids is 1. The van der Waals surface area contributed by atoms with Crippen molar-refractivity contribution in [2.24, 2.45) is 11.0 Å². The number of imidazole rings is 1. The Labute approximate surface area is 258 Å². The van der Waals surface area contributed by atoms with Gasteiger partial charge in [0.1, 0.15) is 0 Å². The van der Waals surface area contributed by atoms with Crippen molar-refractivity contribution in [1.82, 2.24) is 15.0 Å². The van der Waals surface area contributed by atoms with Gasteiger partial charge in [-0.15, -0.1) is 0 Å². The van der Waals surface area contributed by atoms with Crippen LogP contribution in [-0.2, 0) is 13.1 Å². The molecule has 1 aliphatic carbocycles. The number of rotatable bonds is 8. The van der Waals surface area contributed by atoms with Crippen molar-refractivity contribution in [3.8, 4) is 11.1 Å². The highest BCUT2D eigenvalue weighted by molar-refractivity contribution is 6.13. The fourth-order valence-corrected chi connectivity index (χ4v) is 6.39. The van der Waals surface area contributed by atoms with Crippen LogP contribution in [0, 0.1) is 5.92 Å². The van der Waals surface area contributed by atoms with Gasteiger partial charge in [0, 0.05) is 23.4 Å². The Morgan fingerprint density at radius 2 is 1.52 bits per heavy atom. The third kappa shape index (κ3) is 5.73. The number of nitrogens with zero attached hydrogens (tertiary/aromatic N) is 4. The zero-order valence-corrected chi connectivity index (χ0v) is 24.7. The molecule has 1 aliphatic heterocycles. The monoisotopic (exact) mass is 580 g/mol. The normalized spacial score (nSPS) is 15.5. The standard InChI is InChI=1S/C37H36N6O/c44-37-42(25-29-15-7-8-16-33(29)27-11-3-1-4-12-27)41-36(28-13-5-2-6-14-28)34-17-9-10-18-35(34)43(37)32-21-19-30(20-22-32)39-24-31-23-38-26-40-31/h1,3-4,7-12,15-23,26,28,39H,2,5-6,13-14,24-25H2,(H,38,40). The number of benzene rings is 4. The lowest BCUT2D eigenvalue weighted by atomic mass is 9.83. The predicted octanol–water partition coefficient (Wildman–Crippen LogP) is 8.75. The summed E-state index contributed by atoms with van der Waals surface area (Å²) in [5.41, 5.74) is 8.91. The maximum Gasteiger partial charge on any atom is 0.349 e. The van der Waals surface area contributed by atoms with E-state index in [0.29, 0.717) is 19.0 Å². The second kappa shape index (κ2) is 12.6. The fourth-order valence-electron chi connectivity index (χ4n) is 6.39. The molecule has 0 radical (unpaired) electrons. The highest BCUT2D eigenvalue weighted by atomic mass is 16.2. The molecule has 0 spiro atoms. The van der Waals surface area contributed by atoms with Crippen molar-refractivity contribution < 1.29 is 4.79 Å². The molecule has 220 valence electrons. The van der Waals surface area contributed by atoms with Gasteiger partial charge in [-0.2, -0.15) is 5.10 Å². The first-order valence-corrected chi connectivity index (χ1v) is 15.5. The zero-order valence-electron chi connectivity index (χ0n) is 24.7. The van der Waals surface area contributed by atoms with Crippen LogP contribution in [0.2, 0.25) is 0 Å². The summed E-state index contributed by atoms with van der Waals surface area (Å²) in [4.78, 5) is 23.8. The van der Waals surface area contributed by atoms with Crippen molar-refractivity contribution in [2.45, 2.75) is 45.2 Å². The average molecular weight is 581 g/mol.